The third kappa shape index (κ3) is 2.86. The Kier molecular flexibility index (Phi) is 4.28. The fraction of sp³-hybridized carbons (Fsp3) is 0.538. The van der Waals surface area contributed by atoms with Crippen LogP contribution in [0.3, 0.4) is 0 Å². The van der Waals surface area contributed by atoms with Crippen molar-refractivity contribution in [2.75, 3.05) is 20.1 Å². The number of carbonyl (C=O) groups excluding carboxylic acids is 1. The second-order valence-corrected chi connectivity index (χ2v) is 4.60. The lowest BCUT2D eigenvalue weighted by molar-refractivity contribution is 0.0358. The number of hydrogen-bond donors (Lipinski definition) is 2. The Balaban J connectivity index is 1.92. The summed E-state index contributed by atoms with van der Waals surface area (Å²) in [5, 5.41) is 12.6. The van der Waals surface area contributed by atoms with Crippen LogP contribution in [0.25, 0.3) is 0 Å². The summed E-state index contributed by atoms with van der Waals surface area (Å²) in [4.78, 5) is 17.9. The topological polar surface area (TPSA) is 65.5 Å². The van der Waals surface area contributed by atoms with Crippen molar-refractivity contribution in [2.45, 2.75) is 19.1 Å². The van der Waals surface area contributed by atoms with Crippen molar-refractivity contribution < 1.29 is 9.90 Å². The predicted molar refractivity (Wildman–Crippen MR) is 67.9 cm³/mol. The molecule has 18 heavy (non-hydrogen) atoms. The van der Waals surface area contributed by atoms with E-state index >= 15 is 0 Å². The molecule has 1 amide bonds. The molecular formula is C13H19N3O2. The van der Waals surface area contributed by atoms with Crippen LogP contribution in [-0.4, -0.2) is 47.3 Å². The maximum Gasteiger partial charge on any atom is 0.253 e. The van der Waals surface area contributed by atoms with Gasteiger partial charge in [0.15, 0.2) is 0 Å². The van der Waals surface area contributed by atoms with Gasteiger partial charge in [-0.3, -0.25) is 15.1 Å². The number of carbonyl (C=O) groups is 1. The summed E-state index contributed by atoms with van der Waals surface area (Å²) < 4.78 is 0. The molecule has 0 aliphatic carbocycles. The second kappa shape index (κ2) is 5.93. The summed E-state index contributed by atoms with van der Waals surface area (Å²) in [5.74, 6) is 0.284. The number of nitrogens with one attached hydrogen (secondary N) is 1. The average Bonchev–Trinajstić information content (AvgIpc) is 2.47. The summed E-state index contributed by atoms with van der Waals surface area (Å²) in [5.41, 5.74) is 0.678. The molecule has 5 heteroatoms. The summed E-state index contributed by atoms with van der Waals surface area (Å²) in [6, 6.07) is 3.47. The standard InChI is InChI=1S/C13H19N3O2/c1-14-12(17)10-4-8-16(9-5-10)13(18)11-2-6-15-7-3-11/h2-3,6-7,10,12,14,17H,4-5,8-9H2,1H3. The number of piperidine rings is 1. The number of aliphatic hydroxyl groups excluding tert-OH is 1. The van der Waals surface area contributed by atoms with E-state index in [0.29, 0.717) is 18.7 Å². The molecule has 1 unspecified atom stereocenters. The van der Waals surface area contributed by atoms with Crippen LogP contribution in [-0.2, 0) is 0 Å². The lowest BCUT2D eigenvalue weighted by Crippen LogP contribution is -2.44. The molecule has 1 atom stereocenters. The molecule has 0 radical (unpaired) electrons. The summed E-state index contributed by atoms with van der Waals surface area (Å²) in [6.07, 6.45) is 4.45. The zero-order valence-electron chi connectivity index (χ0n) is 10.5. The molecule has 98 valence electrons. The van der Waals surface area contributed by atoms with E-state index in [1.165, 1.54) is 0 Å². The molecule has 1 saturated heterocycles. The molecule has 1 aromatic heterocycles. The van der Waals surface area contributed by atoms with Crippen LogP contribution in [0, 0.1) is 5.92 Å². The number of rotatable bonds is 3. The molecule has 2 heterocycles. The van der Waals surface area contributed by atoms with E-state index in [4.69, 9.17) is 0 Å². The number of likely N-dealkylation sites (tertiary alicyclic amines) is 1. The van der Waals surface area contributed by atoms with Gasteiger partial charge in [0.05, 0.1) is 0 Å². The number of amides is 1. The Morgan fingerprint density at radius 3 is 2.61 bits per heavy atom. The quantitative estimate of drug-likeness (QED) is 0.764. The molecule has 2 N–H and O–H groups in total. The van der Waals surface area contributed by atoms with Crippen LogP contribution in [0.1, 0.15) is 23.2 Å². The molecule has 0 aromatic carbocycles. The Bertz CT molecular complexity index is 388. The fourth-order valence-corrected chi connectivity index (χ4v) is 2.33. The number of nitrogens with zero attached hydrogens (tertiary/aromatic N) is 2. The highest BCUT2D eigenvalue weighted by Crippen LogP contribution is 2.20. The molecule has 0 bridgehead atoms. The maximum atomic E-state index is 12.2. The largest absolute Gasteiger partial charge is 0.378 e. The van der Waals surface area contributed by atoms with Gasteiger partial charge in [-0.05, 0) is 32.0 Å². The van der Waals surface area contributed by atoms with Gasteiger partial charge < -0.3 is 10.0 Å². The van der Waals surface area contributed by atoms with Gasteiger partial charge in [-0.2, -0.15) is 0 Å². The first-order valence-electron chi connectivity index (χ1n) is 6.27. The lowest BCUT2D eigenvalue weighted by atomic mass is 9.94. The fourth-order valence-electron chi connectivity index (χ4n) is 2.33. The van der Waals surface area contributed by atoms with Gasteiger partial charge in [0, 0.05) is 37.0 Å². The molecule has 0 spiro atoms. The van der Waals surface area contributed by atoms with Gasteiger partial charge in [-0.1, -0.05) is 0 Å². The van der Waals surface area contributed by atoms with E-state index in [1.54, 1.807) is 31.6 Å². The highest BCUT2D eigenvalue weighted by molar-refractivity contribution is 5.94. The minimum atomic E-state index is -0.469. The van der Waals surface area contributed by atoms with Crippen LogP contribution >= 0.6 is 0 Å². The van der Waals surface area contributed by atoms with E-state index < -0.39 is 6.23 Å². The van der Waals surface area contributed by atoms with Gasteiger partial charge in [0.25, 0.3) is 5.91 Å². The normalized spacial score (nSPS) is 18.7. The molecule has 1 fully saturated rings. The zero-order chi connectivity index (χ0) is 13.0. The van der Waals surface area contributed by atoms with Crippen molar-refractivity contribution in [3.05, 3.63) is 30.1 Å². The van der Waals surface area contributed by atoms with Crippen LogP contribution in [0.5, 0.6) is 0 Å². The SMILES string of the molecule is CNC(O)C1CCN(C(=O)c2ccncc2)CC1. The van der Waals surface area contributed by atoms with Crippen molar-refractivity contribution in [2.24, 2.45) is 5.92 Å². The van der Waals surface area contributed by atoms with Crippen LogP contribution in [0.15, 0.2) is 24.5 Å². The summed E-state index contributed by atoms with van der Waals surface area (Å²) in [7, 11) is 1.75. The van der Waals surface area contributed by atoms with Crippen molar-refractivity contribution >= 4 is 5.91 Å². The second-order valence-electron chi connectivity index (χ2n) is 4.60. The highest BCUT2D eigenvalue weighted by atomic mass is 16.3. The first-order chi connectivity index (χ1) is 8.72. The molecule has 0 saturated carbocycles. The zero-order valence-corrected chi connectivity index (χ0v) is 10.5. The Hall–Kier alpha value is -1.46. The van der Waals surface area contributed by atoms with Crippen molar-refractivity contribution in [3.63, 3.8) is 0 Å². The van der Waals surface area contributed by atoms with E-state index in [9.17, 15) is 9.90 Å². The Morgan fingerprint density at radius 1 is 1.44 bits per heavy atom. The third-order valence-electron chi connectivity index (χ3n) is 3.50. The number of aromatic nitrogens is 1. The number of pyridine rings is 1. The van der Waals surface area contributed by atoms with Crippen molar-refractivity contribution in [3.8, 4) is 0 Å². The molecular weight excluding hydrogens is 230 g/mol. The minimum absolute atomic E-state index is 0.0507. The average molecular weight is 249 g/mol. The van der Waals surface area contributed by atoms with Crippen LogP contribution in [0.4, 0.5) is 0 Å². The molecule has 1 aromatic rings. The predicted octanol–water partition coefficient (Wildman–Crippen LogP) is 0.472. The van der Waals surface area contributed by atoms with Crippen molar-refractivity contribution in [1.82, 2.24) is 15.2 Å². The van der Waals surface area contributed by atoms with Crippen LogP contribution < -0.4 is 5.32 Å². The van der Waals surface area contributed by atoms with Gasteiger partial charge in [0.1, 0.15) is 6.23 Å². The monoisotopic (exact) mass is 249 g/mol. The Morgan fingerprint density at radius 2 is 2.06 bits per heavy atom. The molecule has 5 nitrogen and oxygen atoms in total. The van der Waals surface area contributed by atoms with E-state index in [-0.39, 0.29) is 11.8 Å². The van der Waals surface area contributed by atoms with Crippen molar-refractivity contribution in [1.29, 1.82) is 0 Å². The molecule has 2 rings (SSSR count). The van der Waals surface area contributed by atoms with Gasteiger partial charge >= 0.3 is 0 Å². The first kappa shape index (κ1) is 13.0. The van der Waals surface area contributed by atoms with Gasteiger partial charge in [-0.15, -0.1) is 0 Å². The number of aliphatic hydroxyl groups is 1. The molecule has 1 aliphatic rings. The maximum absolute atomic E-state index is 12.2. The summed E-state index contributed by atoms with van der Waals surface area (Å²) >= 11 is 0. The molecule has 1 aliphatic heterocycles. The lowest BCUT2D eigenvalue weighted by Gasteiger charge is -2.34. The third-order valence-corrected chi connectivity index (χ3v) is 3.50. The van der Waals surface area contributed by atoms with Crippen LogP contribution in [0.2, 0.25) is 0 Å². The minimum Gasteiger partial charge on any atom is -0.378 e. The summed E-state index contributed by atoms with van der Waals surface area (Å²) in [6.45, 7) is 1.40. The number of hydrogen-bond acceptors (Lipinski definition) is 4. The Labute approximate surface area is 107 Å². The smallest absolute Gasteiger partial charge is 0.253 e. The van der Waals surface area contributed by atoms with E-state index in [1.807, 2.05) is 4.90 Å². The van der Waals surface area contributed by atoms with Gasteiger partial charge in [-0.25, -0.2) is 0 Å². The highest BCUT2D eigenvalue weighted by Gasteiger charge is 2.27. The van der Waals surface area contributed by atoms with Gasteiger partial charge in [0.2, 0.25) is 0 Å². The van der Waals surface area contributed by atoms with E-state index in [2.05, 4.69) is 10.3 Å². The first-order valence-corrected chi connectivity index (χ1v) is 6.27. The van der Waals surface area contributed by atoms with E-state index in [0.717, 1.165) is 12.8 Å².